The summed E-state index contributed by atoms with van der Waals surface area (Å²) in [5, 5.41) is 6.45. The third-order valence-corrected chi connectivity index (χ3v) is 2.96. The van der Waals surface area contributed by atoms with Crippen molar-refractivity contribution in [3.8, 4) is 0 Å². The molecule has 6 heteroatoms. The predicted molar refractivity (Wildman–Crippen MR) is 68.8 cm³/mol. The molecule has 1 aromatic carbocycles. The molecule has 2 aromatic rings. The quantitative estimate of drug-likeness (QED) is 0.859. The van der Waals surface area contributed by atoms with Gasteiger partial charge in [-0.2, -0.15) is 4.98 Å². The fourth-order valence-corrected chi connectivity index (χ4v) is 1.70. The van der Waals surface area contributed by atoms with Gasteiger partial charge in [-0.05, 0) is 19.4 Å². The van der Waals surface area contributed by atoms with Crippen molar-refractivity contribution in [2.24, 2.45) is 5.73 Å². The molecule has 0 radical (unpaired) electrons. The Bertz CT molecular complexity index is 537. The summed E-state index contributed by atoms with van der Waals surface area (Å²) in [7, 11) is 0. The lowest BCUT2D eigenvalue weighted by atomic mass is 9.92. The van der Waals surface area contributed by atoms with Crippen molar-refractivity contribution in [3.05, 3.63) is 48.1 Å². The molecule has 0 fully saturated rings. The topological polar surface area (TPSA) is 94.0 Å². The van der Waals surface area contributed by atoms with E-state index in [9.17, 15) is 4.79 Å². The first kappa shape index (κ1) is 13.2. The first-order valence-corrected chi connectivity index (χ1v) is 5.93. The van der Waals surface area contributed by atoms with Gasteiger partial charge < -0.3 is 15.6 Å². The Morgan fingerprint density at radius 2 is 2.11 bits per heavy atom. The molecule has 0 aliphatic heterocycles. The van der Waals surface area contributed by atoms with Crippen LogP contribution in [0.15, 0.2) is 41.2 Å². The van der Waals surface area contributed by atoms with Crippen LogP contribution in [0.5, 0.6) is 0 Å². The number of amides is 1. The van der Waals surface area contributed by atoms with Crippen LogP contribution in [-0.4, -0.2) is 16.0 Å². The Hall–Kier alpha value is -2.21. The molecule has 0 saturated carbocycles. The molecule has 2 atom stereocenters. The Morgan fingerprint density at radius 1 is 1.42 bits per heavy atom. The first-order valence-electron chi connectivity index (χ1n) is 5.93. The van der Waals surface area contributed by atoms with Crippen molar-refractivity contribution >= 4 is 5.91 Å². The summed E-state index contributed by atoms with van der Waals surface area (Å²) in [4.78, 5) is 16.1. The van der Waals surface area contributed by atoms with Crippen LogP contribution in [0.25, 0.3) is 0 Å². The van der Waals surface area contributed by atoms with Crippen LogP contribution >= 0.6 is 0 Å². The molecule has 2 unspecified atom stereocenters. The minimum absolute atomic E-state index is 0.295. The lowest BCUT2D eigenvalue weighted by Crippen LogP contribution is -2.49. The van der Waals surface area contributed by atoms with Crippen molar-refractivity contribution in [3.63, 3.8) is 0 Å². The van der Waals surface area contributed by atoms with Gasteiger partial charge in [-0.3, -0.25) is 4.79 Å². The number of aromatic nitrogens is 2. The number of nitrogens with one attached hydrogen (secondary N) is 1. The van der Waals surface area contributed by atoms with Crippen molar-refractivity contribution in [1.29, 1.82) is 0 Å². The molecule has 0 aliphatic rings. The van der Waals surface area contributed by atoms with Gasteiger partial charge in [0.2, 0.25) is 12.3 Å². The van der Waals surface area contributed by atoms with Crippen molar-refractivity contribution < 1.29 is 9.32 Å². The highest BCUT2D eigenvalue weighted by atomic mass is 16.5. The molecule has 100 valence electrons. The number of hydrogen-bond acceptors (Lipinski definition) is 5. The van der Waals surface area contributed by atoms with E-state index >= 15 is 0 Å². The molecule has 0 saturated heterocycles. The van der Waals surface area contributed by atoms with Gasteiger partial charge in [0.15, 0.2) is 5.82 Å². The number of rotatable bonds is 4. The molecule has 1 aromatic heterocycles. The summed E-state index contributed by atoms with van der Waals surface area (Å²) in [6, 6.07) is 8.83. The summed E-state index contributed by atoms with van der Waals surface area (Å²) in [5.41, 5.74) is 5.74. The van der Waals surface area contributed by atoms with Crippen molar-refractivity contribution in [2.75, 3.05) is 0 Å². The van der Waals surface area contributed by atoms with E-state index in [0.29, 0.717) is 5.82 Å². The Morgan fingerprint density at radius 3 is 2.68 bits per heavy atom. The first-order chi connectivity index (χ1) is 9.01. The van der Waals surface area contributed by atoms with Gasteiger partial charge in [0.1, 0.15) is 5.54 Å². The third kappa shape index (κ3) is 2.79. The van der Waals surface area contributed by atoms with E-state index < -0.39 is 5.54 Å². The smallest absolute Gasteiger partial charge is 0.244 e. The Kier molecular flexibility index (Phi) is 3.62. The number of benzene rings is 1. The van der Waals surface area contributed by atoms with E-state index in [4.69, 9.17) is 5.73 Å². The highest BCUT2D eigenvalue weighted by molar-refractivity contribution is 5.87. The molecule has 1 amide bonds. The van der Waals surface area contributed by atoms with Gasteiger partial charge in [-0.25, -0.2) is 0 Å². The van der Waals surface area contributed by atoms with Gasteiger partial charge in [0, 0.05) is 0 Å². The molecule has 2 rings (SSSR count). The number of hydrogen-bond donors (Lipinski definition) is 2. The van der Waals surface area contributed by atoms with Crippen LogP contribution in [0.1, 0.15) is 31.3 Å². The van der Waals surface area contributed by atoms with Crippen LogP contribution in [0.3, 0.4) is 0 Å². The number of carbonyl (C=O) groups is 1. The monoisotopic (exact) mass is 260 g/mol. The fraction of sp³-hybridized carbons (Fsp3) is 0.308. The average molecular weight is 260 g/mol. The second kappa shape index (κ2) is 5.19. The van der Waals surface area contributed by atoms with Crippen LogP contribution in [0, 0.1) is 0 Å². The minimum atomic E-state index is -1.11. The van der Waals surface area contributed by atoms with Crippen LogP contribution in [-0.2, 0) is 10.3 Å². The molecule has 1 heterocycles. The average Bonchev–Trinajstić information content (AvgIpc) is 2.93. The lowest BCUT2D eigenvalue weighted by molar-refractivity contribution is -0.126. The lowest BCUT2D eigenvalue weighted by Gasteiger charge is -2.25. The maximum atomic E-state index is 12.2. The maximum Gasteiger partial charge on any atom is 0.244 e. The minimum Gasteiger partial charge on any atom is -0.344 e. The van der Waals surface area contributed by atoms with E-state index in [2.05, 4.69) is 20.0 Å². The van der Waals surface area contributed by atoms with E-state index in [1.807, 2.05) is 30.3 Å². The molecule has 0 bridgehead atoms. The third-order valence-electron chi connectivity index (χ3n) is 2.96. The van der Waals surface area contributed by atoms with Gasteiger partial charge in [0.05, 0.1) is 6.04 Å². The SMILES string of the molecule is CC(NC(=O)C(C)(N)c1ccccc1)c1ncon1. The zero-order valence-electron chi connectivity index (χ0n) is 10.8. The molecule has 0 spiro atoms. The Balaban J connectivity index is 2.11. The molecular weight excluding hydrogens is 244 g/mol. The highest BCUT2D eigenvalue weighted by Gasteiger charge is 2.31. The Labute approximate surface area is 111 Å². The normalized spacial score (nSPS) is 15.5. The standard InChI is InChI=1S/C13H16N4O2/c1-9(11-15-8-19-17-11)16-12(18)13(2,14)10-6-4-3-5-7-10/h3-9H,14H2,1-2H3,(H,16,18). The maximum absolute atomic E-state index is 12.2. The molecule has 0 aliphatic carbocycles. The number of nitrogens with two attached hydrogens (primary N) is 1. The summed E-state index contributed by atoms with van der Waals surface area (Å²) >= 11 is 0. The van der Waals surface area contributed by atoms with Crippen LogP contribution in [0.4, 0.5) is 0 Å². The summed E-state index contributed by atoms with van der Waals surface area (Å²) < 4.78 is 4.64. The zero-order chi connectivity index (χ0) is 13.9. The van der Waals surface area contributed by atoms with E-state index in [1.54, 1.807) is 13.8 Å². The van der Waals surface area contributed by atoms with Gasteiger partial charge >= 0.3 is 0 Å². The number of nitrogens with zero attached hydrogens (tertiary/aromatic N) is 2. The van der Waals surface area contributed by atoms with Crippen LogP contribution < -0.4 is 11.1 Å². The van der Waals surface area contributed by atoms with E-state index in [-0.39, 0.29) is 11.9 Å². The van der Waals surface area contributed by atoms with Crippen molar-refractivity contribution in [2.45, 2.75) is 25.4 Å². The molecule has 19 heavy (non-hydrogen) atoms. The van der Waals surface area contributed by atoms with Crippen molar-refractivity contribution in [1.82, 2.24) is 15.5 Å². The zero-order valence-corrected chi connectivity index (χ0v) is 10.8. The largest absolute Gasteiger partial charge is 0.344 e. The molecule has 3 N–H and O–H groups in total. The molecule has 6 nitrogen and oxygen atoms in total. The summed E-state index contributed by atoms with van der Waals surface area (Å²) in [6.45, 7) is 3.43. The predicted octanol–water partition coefficient (Wildman–Crippen LogP) is 1.12. The van der Waals surface area contributed by atoms with Gasteiger partial charge in [-0.1, -0.05) is 35.5 Å². The highest BCUT2D eigenvalue weighted by Crippen LogP contribution is 2.19. The molecular formula is C13H16N4O2. The van der Waals surface area contributed by atoms with Gasteiger partial charge in [-0.15, -0.1) is 0 Å². The second-order valence-corrected chi connectivity index (χ2v) is 4.55. The van der Waals surface area contributed by atoms with E-state index in [0.717, 1.165) is 5.56 Å². The van der Waals surface area contributed by atoms with Crippen LogP contribution in [0.2, 0.25) is 0 Å². The second-order valence-electron chi connectivity index (χ2n) is 4.55. The number of carbonyl (C=O) groups excluding carboxylic acids is 1. The van der Waals surface area contributed by atoms with E-state index in [1.165, 1.54) is 6.39 Å². The fourth-order valence-electron chi connectivity index (χ4n) is 1.70. The summed E-state index contributed by atoms with van der Waals surface area (Å²) in [5.74, 6) is 0.119. The van der Waals surface area contributed by atoms with Gasteiger partial charge in [0.25, 0.3) is 0 Å². The summed E-state index contributed by atoms with van der Waals surface area (Å²) in [6.07, 6.45) is 1.22.